The van der Waals surface area contributed by atoms with Crippen LogP contribution in [0.15, 0.2) is 36.4 Å². The summed E-state index contributed by atoms with van der Waals surface area (Å²) in [5.41, 5.74) is 5.79. The Balaban J connectivity index is 1.70. The zero-order chi connectivity index (χ0) is 20.1. The Hall–Kier alpha value is -2.04. The highest BCUT2D eigenvalue weighted by molar-refractivity contribution is 5.45. The van der Waals surface area contributed by atoms with E-state index in [1.807, 2.05) is 0 Å². The zero-order valence-electron chi connectivity index (χ0n) is 17.8. The first-order chi connectivity index (χ1) is 14.3. The van der Waals surface area contributed by atoms with Gasteiger partial charge in [-0.25, -0.2) is 0 Å². The summed E-state index contributed by atoms with van der Waals surface area (Å²) in [4.78, 5) is 0. The summed E-state index contributed by atoms with van der Waals surface area (Å²) >= 11 is 0. The van der Waals surface area contributed by atoms with E-state index in [9.17, 15) is 0 Å². The van der Waals surface area contributed by atoms with Gasteiger partial charge < -0.3 is 20.1 Å². The third-order valence-corrected chi connectivity index (χ3v) is 6.64. The Morgan fingerprint density at radius 2 is 1.10 bits per heavy atom. The van der Waals surface area contributed by atoms with Gasteiger partial charge in [0.1, 0.15) is 11.5 Å². The van der Waals surface area contributed by atoms with Crippen LogP contribution in [0.5, 0.6) is 11.5 Å². The fourth-order valence-corrected chi connectivity index (χ4v) is 4.99. The van der Waals surface area contributed by atoms with E-state index in [4.69, 9.17) is 9.47 Å². The molecule has 4 nitrogen and oxygen atoms in total. The second-order valence-corrected chi connectivity index (χ2v) is 8.35. The Labute approximate surface area is 175 Å². The van der Waals surface area contributed by atoms with Gasteiger partial charge in [0.05, 0.1) is 14.2 Å². The number of hydrogen-bond donors (Lipinski definition) is 2. The average molecular weight is 395 g/mol. The minimum absolute atomic E-state index is 0.630. The molecule has 0 saturated carbocycles. The van der Waals surface area contributed by atoms with Crippen LogP contribution in [0, 0.1) is 0 Å². The molecule has 2 aliphatic rings. The maximum absolute atomic E-state index is 5.58. The lowest BCUT2D eigenvalue weighted by Crippen LogP contribution is -2.27. The van der Waals surface area contributed by atoms with Gasteiger partial charge in [-0.1, -0.05) is 12.1 Å². The van der Waals surface area contributed by atoms with Crippen LogP contribution >= 0.6 is 0 Å². The number of piperidine rings is 2. The molecule has 0 aliphatic carbocycles. The lowest BCUT2D eigenvalue weighted by Gasteiger charge is -2.28. The second-order valence-electron chi connectivity index (χ2n) is 8.35. The van der Waals surface area contributed by atoms with Gasteiger partial charge in [-0.05, 0) is 117 Å². The van der Waals surface area contributed by atoms with Crippen molar-refractivity contribution in [3.63, 3.8) is 0 Å². The quantitative estimate of drug-likeness (QED) is 0.770. The summed E-state index contributed by atoms with van der Waals surface area (Å²) in [5, 5.41) is 6.99. The SMILES string of the molecule is COc1ccc(C2CCNCC2)c(Cc2cc(OC)ccc2C2CCNCC2)c1. The Morgan fingerprint density at radius 1 is 0.690 bits per heavy atom. The van der Waals surface area contributed by atoms with E-state index in [2.05, 4.69) is 47.0 Å². The molecule has 2 saturated heterocycles. The molecule has 0 bridgehead atoms. The van der Waals surface area contributed by atoms with Crippen LogP contribution in [-0.2, 0) is 6.42 Å². The van der Waals surface area contributed by atoms with Crippen molar-refractivity contribution in [1.82, 2.24) is 10.6 Å². The number of benzene rings is 2. The van der Waals surface area contributed by atoms with Crippen LogP contribution in [-0.4, -0.2) is 40.4 Å². The van der Waals surface area contributed by atoms with Crippen LogP contribution in [0.3, 0.4) is 0 Å². The summed E-state index contributed by atoms with van der Waals surface area (Å²) in [6.07, 6.45) is 5.77. The van der Waals surface area contributed by atoms with E-state index in [0.29, 0.717) is 11.8 Å². The van der Waals surface area contributed by atoms with Gasteiger partial charge in [0.15, 0.2) is 0 Å². The molecule has 2 aromatic rings. The topological polar surface area (TPSA) is 42.5 Å². The molecule has 4 heteroatoms. The van der Waals surface area contributed by atoms with E-state index in [-0.39, 0.29) is 0 Å². The third kappa shape index (κ3) is 4.76. The van der Waals surface area contributed by atoms with Crippen molar-refractivity contribution >= 4 is 0 Å². The average Bonchev–Trinajstić information content (AvgIpc) is 2.80. The molecule has 0 amide bonds. The highest BCUT2D eigenvalue weighted by atomic mass is 16.5. The van der Waals surface area contributed by atoms with Gasteiger partial charge in [0, 0.05) is 0 Å². The smallest absolute Gasteiger partial charge is 0.119 e. The van der Waals surface area contributed by atoms with Gasteiger partial charge in [-0.15, -0.1) is 0 Å². The fraction of sp³-hybridized carbons (Fsp3) is 0.520. The van der Waals surface area contributed by atoms with E-state index in [1.165, 1.54) is 47.9 Å². The van der Waals surface area contributed by atoms with Crippen molar-refractivity contribution in [2.75, 3.05) is 40.4 Å². The number of ether oxygens (including phenoxy) is 2. The van der Waals surface area contributed by atoms with Crippen LogP contribution in [0.2, 0.25) is 0 Å². The van der Waals surface area contributed by atoms with Gasteiger partial charge in [-0.2, -0.15) is 0 Å². The van der Waals surface area contributed by atoms with E-state index < -0.39 is 0 Å². The molecule has 2 aromatic carbocycles. The molecule has 156 valence electrons. The van der Waals surface area contributed by atoms with Gasteiger partial charge in [0.25, 0.3) is 0 Å². The van der Waals surface area contributed by atoms with E-state index >= 15 is 0 Å². The molecule has 4 rings (SSSR count). The predicted octanol–water partition coefficient (Wildman–Crippen LogP) is 4.23. The number of hydrogen-bond acceptors (Lipinski definition) is 4. The third-order valence-electron chi connectivity index (χ3n) is 6.64. The molecular weight excluding hydrogens is 360 g/mol. The highest BCUT2D eigenvalue weighted by Crippen LogP contribution is 2.36. The largest absolute Gasteiger partial charge is 0.497 e. The van der Waals surface area contributed by atoms with Crippen LogP contribution in [0.25, 0.3) is 0 Å². The number of methoxy groups -OCH3 is 2. The van der Waals surface area contributed by atoms with Crippen molar-refractivity contribution in [3.05, 3.63) is 58.7 Å². The van der Waals surface area contributed by atoms with Crippen molar-refractivity contribution in [1.29, 1.82) is 0 Å². The summed E-state index contributed by atoms with van der Waals surface area (Å²) in [7, 11) is 3.52. The standard InChI is InChI=1S/C25H34N2O2/c1-28-22-3-5-24(18-7-11-26-12-8-18)20(16-22)15-21-17-23(29-2)4-6-25(21)19-9-13-27-14-10-19/h3-6,16-19,26-27H,7-15H2,1-2H3. The minimum atomic E-state index is 0.630. The highest BCUT2D eigenvalue weighted by Gasteiger charge is 2.22. The second kappa shape index (κ2) is 9.64. The van der Waals surface area contributed by atoms with Crippen LogP contribution < -0.4 is 20.1 Å². The normalized spacial score (nSPS) is 18.6. The predicted molar refractivity (Wildman–Crippen MR) is 118 cm³/mol. The fourth-order valence-electron chi connectivity index (χ4n) is 4.99. The van der Waals surface area contributed by atoms with Crippen molar-refractivity contribution in [2.24, 2.45) is 0 Å². The molecule has 29 heavy (non-hydrogen) atoms. The van der Waals surface area contributed by atoms with E-state index in [0.717, 1.165) is 44.1 Å². The monoisotopic (exact) mass is 394 g/mol. The summed E-state index contributed by atoms with van der Waals surface area (Å²) in [5.74, 6) is 3.16. The zero-order valence-corrected chi connectivity index (χ0v) is 17.8. The molecule has 0 atom stereocenters. The molecule has 0 unspecified atom stereocenters. The maximum Gasteiger partial charge on any atom is 0.119 e. The first kappa shape index (κ1) is 20.2. The summed E-state index contributed by atoms with van der Waals surface area (Å²) in [6.45, 7) is 4.43. The van der Waals surface area contributed by atoms with Crippen LogP contribution in [0.4, 0.5) is 0 Å². The molecule has 2 heterocycles. The maximum atomic E-state index is 5.58. The number of rotatable bonds is 6. The first-order valence-corrected chi connectivity index (χ1v) is 11.0. The van der Waals surface area contributed by atoms with E-state index in [1.54, 1.807) is 14.2 Å². The number of nitrogens with one attached hydrogen (secondary N) is 2. The van der Waals surface area contributed by atoms with Crippen molar-refractivity contribution in [3.8, 4) is 11.5 Å². The molecule has 0 aromatic heterocycles. The summed E-state index contributed by atoms with van der Waals surface area (Å²) < 4.78 is 11.2. The summed E-state index contributed by atoms with van der Waals surface area (Å²) in [6, 6.07) is 13.4. The lowest BCUT2D eigenvalue weighted by atomic mass is 9.82. The van der Waals surface area contributed by atoms with Crippen LogP contribution in [0.1, 0.15) is 59.8 Å². The molecule has 2 fully saturated rings. The van der Waals surface area contributed by atoms with Gasteiger partial charge in [-0.3, -0.25) is 0 Å². The molecule has 0 radical (unpaired) electrons. The molecule has 0 spiro atoms. The lowest BCUT2D eigenvalue weighted by molar-refractivity contribution is 0.412. The minimum Gasteiger partial charge on any atom is -0.497 e. The van der Waals surface area contributed by atoms with Crippen molar-refractivity contribution in [2.45, 2.75) is 43.9 Å². The first-order valence-electron chi connectivity index (χ1n) is 11.0. The van der Waals surface area contributed by atoms with Gasteiger partial charge >= 0.3 is 0 Å². The molecule has 2 N–H and O–H groups in total. The Morgan fingerprint density at radius 3 is 1.48 bits per heavy atom. The Bertz CT molecular complexity index is 741. The Kier molecular flexibility index (Phi) is 6.73. The molecule has 2 aliphatic heterocycles. The molecular formula is C25H34N2O2. The van der Waals surface area contributed by atoms with Gasteiger partial charge in [0.2, 0.25) is 0 Å². The van der Waals surface area contributed by atoms with Crippen molar-refractivity contribution < 1.29 is 9.47 Å².